The van der Waals surface area contributed by atoms with Crippen LogP contribution >= 0.6 is 0 Å². The summed E-state index contributed by atoms with van der Waals surface area (Å²) in [5.41, 5.74) is 0. The second-order valence-corrected chi connectivity index (χ2v) is 7.46. The van der Waals surface area contributed by atoms with E-state index in [0.717, 1.165) is 18.7 Å². The Morgan fingerprint density at radius 3 is 2.75 bits per heavy atom. The number of likely N-dealkylation sites (N-methyl/N-ethyl adjacent to an activating group) is 1. The Labute approximate surface area is 139 Å². The molecule has 1 fully saturated rings. The summed E-state index contributed by atoms with van der Waals surface area (Å²) >= 11 is 0. The molecule has 1 atom stereocenters. The van der Waals surface area contributed by atoms with Crippen LogP contribution in [0.3, 0.4) is 0 Å². The van der Waals surface area contributed by atoms with E-state index in [9.17, 15) is 17.2 Å². The summed E-state index contributed by atoms with van der Waals surface area (Å²) < 4.78 is 53.7. The summed E-state index contributed by atoms with van der Waals surface area (Å²) in [5.74, 6) is -1.23. The van der Waals surface area contributed by atoms with Gasteiger partial charge in [0.25, 0.3) is 0 Å². The van der Waals surface area contributed by atoms with Crippen LogP contribution in [0.15, 0.2) is 35.5 Å². The third-order valence-corrected chi connectivity index (χ3v) is 6.11. The molecular formula is C15H18F2N4O2S. The number of nitrogens with zero attached hydrogens (tertiary/aromatic N) is 3. The van der Waals surface area contributed by atoms with Gasteiger partial charge < -0.3 is 4.98 Å². The molecule has 0 spiro atoms. The number of aromatic amines is 1. The minimum Gasteiger partial charge on any atom is -0.347 e. The summed E-state index contributed by atoms with van der Waals surface area (Å²) in [6.07, 6.45) is 3.28. The highest BCUT2D eigenvalue weighted by atomic mass is 32.2. The summed E-state index contributed by atoms with van der Waals surface area (Å²) in [5, 5.41) is 0. The number of nitrogens with one attached hydrogen (secondary N) is 1. The predicted molar refractivity (Wildman–Crippen MR) is 83.7 cm³/mol. The number of piperazine rings is 1. The summed E-state index contributed by atoms with van der Waals surface area (Å²) in [4.78, 5) is 8.81. The number of hydrogen-bond acceptors (Lipinski definition) is 4. The largest absolute Gasteiger partial charge is 0.347 e. The van der Waals surface area contributed by atoms with Gasteiger partial charge in [0.1, 0.15) is 22.4 Å². The van der Waals surface area contributed by atoms with Crippen LogP contribution in [-0.2, 0) is 10.0 Å². The third-order valence-electron chi connectivity index (χ3n) is 4.21. The highest BCUT2D eigenvalue weighted by Crippen LogP contribution is 2.28. The van der Waals surface area contributed by atoms with E-state index in [0.29, 0.717) is 18.4 Å². The van der Waals surface area contributed by atoms with Gasteiger partial charge in [-0.25, -0.2) is 22.2 Å². The van der Waals surface area contributed by atoms with Gasteiger partial charge in [0.05, 0.1) is 6.04 Å². The van der Waals surface area contributed by atoms with E-state index < -0.39 is 26.6 Å². The van der Waals surface area contributed by atoms with Gasteiger partial charge >= 0.3 is 0 Å². The first kappa shape index (κ1) is 17.0. The lowest BCUT2D eigenvalue weighted by Crippen LogP contribution is -2.50. The fraction of sp³-hybridized carbons (Fsp3) is 0.400. The van der Waals surface area contributed by atoms with Crippen molar-refractivity contribution in [3.05, 3.63) is 48.1 Å². The van der Waals surface area contributed by atoms with Crippen molar-refractivity contribution in [2.75, 3.05) is 26.2 Å². The van der Waals surface area contributed by atoms with Crippen molar-refractivity contribution >= 4 is 10.0 Å². The van der Waals surface area contributed by atoms with Crippen LogP contribution in [0, 0.1) is 11.6 Å². The number of halogens is 2. The first-order chi connectivity index (χ1) is 11.4. The lowest BCUT2D eigenvalue weighted by molar-refractivity contribution is 0.119. The lowest BCUT2D eigenvalue weighted by atomic mass is 10.2. The van der Waals surface area contributed by atoms with E-state index in [1.54, 1.807) is 12.4 Å². The first-order valence-electron chi connectivity index (χ1n) is 7.62. The molecule has 2 heterocycles. The van der Waals surface area contributed by atoms with Crippen molar-refractivity contribution in [1.82, 2.24) is 19.2 Å². The fourth-order valence-corrected chi connectivity index (χ4v) is 4.42. The number of sulfonamides is 1. The third kappa shape index (κ3) is 3.06. The van der Waals surface area contributed by atoms with Crippen LogP contribution in [-0.4, -0.2) is 53.8 Å². The van der Waals surface area contributed by atoms with Gasteiger partial charge in [0.2, 0.25) is 10.0 Å². The molecule has 2 aromatic rings. The van der Waals surface area contributed by atoms with Gasteiger partial charge in [-0.3, -0.25) is 4.90 Å². The second kappa shape index (κ2) is 6.58. The molecule has 1 aromatic heterocycles. The molecule has 1 aliphatic heterocycles. The second-order valence-electron chi connectivity index (χ2n) is 5.56. The molecule has 0 saturated carbocycles. The van der Waals surface area contributed by atoms with Crippen LogP contribution in [0.1, 0.15) is 18.8 Å². The van der Waals surface area contributed by atoms with Gasteiger partial charge in [-0.1, -0.05) is 6.92 Å². The van der Waals surface area contributed by atoms with Gasteiger partial charge in [-0.15, -0.1) is 0 Å². The van der Waals surface area contributed by atoms with Gasteiger partial charge in [0, 0.05) is 38.1 Å². The molecule has 0 amide bonds. The summed E-state index contributed by atoms with van der Waals surface area (Å²) in [7, 11) is -4.04. The number of imidazole rings is 1. The minimum atomic E-state index is -4.04. The van der Waals surface area contributed by atoms with Gasteiger partial charge in [-0.2, -0.15) is 4.31 Å². The maximum Gasteiger partial charge on any atom is 0.246 e. The molecule has 6 nitrogen and oxygen atoms in total. The maximum atomic E-state index is 13.9. The Bertz CT molecular complexity index is 811. The first-order valence-corrected chi connectivity index (χ1v) is 9.06. The Morgan fingerprint density at radius 1 is 1.33 bits per heavy atom. The normalized spacial score (nSPS) is 20.4. The molecule has 3 rings (SSSR count). The number of H-pyrrole nitrogens is 1. The minimum absolute atomic E-state index is 0.153. The molecule has 9 heteroatoms. The smallest absolute Gasteiger partial charge is 0.246 e. The molecule has 130 valence electrons. The molecule has 1 unspecified atom stereocenters. The van der Waals surface area contributed by atoms with Crippen molar-refractivity contribution in [2.24, 2.45) is 0 Å². The SMILES string of the molecule is CCN1CCN(S(=O)(=O)c2ccc(F)cc2F)CC1c1ncc[nH]1. The predicted octanol–water partition coefficient (Wildman–Crippen LogP) is 1.76. The lowest BCUT2D eigenvalue weighted by Gasteiger charge is -2.39. The van der Waals surface area contributed by atoms with Gasteiger partial charge in [-0.05, 0) is 18.7 Å². The Balaban J connectivity index is 1.91. The van der Waals surface area contributed by atoms with Crippen LogP contribution < -0.4 is 0 Å². The highest BCUT2D eigenvalue weighted by Gasteiger charge is 2.36. The van der Waals surface area contributed by atoms with Crippen LogP contribution in [0.4, 0.5) is 8.78 Å². The monoisotopic (exact) mass is 356 g/mol. The zero-order valence-electron chi connectivity index (χ0n) is 13.1. The molecule has 0 radical (unpaired) electrons. The van der Waals surface area contributed by atoms with E-state index in [1.165, 1.54) is 4.31 Å². The van der Waals surface area contributed by atoms with Gasteiger partial charge in [0.15, 0.2) is 0 Å². The van der Waals surface area contributed by atoms with E-state index in [-0.39, 0.29) is 19.1 Å². The highest BCUT2D eigenvalue weighted by molar-refractivity contribution is 7.89. The van der Waals surface area contributed by atoms with E-state index in [1.807, 2.05) is 6.92 Å². The van der Waals surface area contributed by atoms with Crippen molar-refractivity contribution in [2.45, 2.75) is 17.9 Å². The summed E-state index contributed by atoms with van der Waals surface area (Å²) in [6.45, 7) is 3.62. The van der Waals surface area contributed by atoms with Crippen LogP contribution in [0.5, 0.6) is 0 Å². The van der Waals surface area contributed by atoms with Crippen molar-refractivity contribution in [1.29, 1.82) is 0 Å². The number of rotatable bonds is 4. The molecule has 1 N–H and O–H groups in total. The summed E-state index contributed by atoms with van der Waals surface area (Å²) in [6, 6.07) is 2.26. The number of hydrogen-bond donors (Lipinski definition) is 1. The zero-order chi connectivity index (χ0) is 17.3. The standard InChI is InChI=1S/C15H18F2N4O2S/c1-2-20-7-8-21(10-13(20)15-18-5-6-19-15)24(22,23)14-4-3-11(16)9-12(14)17/h3-6,9,13H,2,7-8,10H2,1H3,(H,18,19). The molecule has 1 saturated heterocycles. The number of benzene rings is 1. The van der Waals surface area contributed by atoms with Crippen LogP contribution in [0.25, 0.3) is 0 Å². The van der Waals surface area contributed by atoms with Crippen molar-refractivity contribution in [3.63, 3.8) is 0 Å². The molecule has 1 aliphatic rings. The number of aromatic nitrogens is 2. The van der Waals surface area contributed by atoms with E-state index in [2.05, 4.69) is 14.9 Å². The van der Waals surface area contributed by atoms with Crippen molar-refractivity contribution < 1.29 is 17.2 Å². The van der Waals surface area contributed by atoms with E-state index in [4.69, 9.17) is 0 Å². The molecule has 0 aliphatic carbocycles. The Morgan fingerprint density at radius 2 is 2.12 bits per heavy atom. The molecule has 24 heavy (non-hydrogen) atoms. The Hall–Kier alpha value is -1.84. The maximum absolute atomic E-state index is 13.9. The molecule has 1 aromatic carbocycles. The average Bonchev–Trinajstić information content (AvgIpc) is 3.08. The van der Waals surface area contributed by atoms with E-state index >= 15 is 0 Å². The van der Waals surface area contributed by atoms with Crippen LogP contribution in [0.2, 0.25) is 0 Å². The molecule has 0 bridgehead atoms. The fourth-order valence-electron chi connectivity index (χ4n) is 2.93. The Kier molecular flexibility index (Phi) is 4.66. The zero-order valence-corrected chi connectivity index (χ0v) is 13.9. The molecular weight excluding hydrogens is 338 g/mol. The quantitative estimate of drug-likeness (QED) is 0.906. The topological polar surface area (TPSA) is 69.3 Å². The average molecular weight is 356 g/mol. The van der Waals surface area contributed by atoms with Crippen molar-refractivity contribution in [3.8, 4) is 0 Å².